The fourth-order valence-corrected chi connectivity index (χ4v) is 2.49. The van der Waals surface area contributed by atoms with Crippen molar-refractivity contribution in [3.63, 3.8) is 0 Å². The molecule has 2 rings (SSSR count). The maximum Gasteiger partial charge on any atom is 0.251 e. The molecule has 1 aromatic heterocycles. The van der Waals surface area contributed by atoms with E-state index in [1.54, 1.807) is 36.6 Å². The molecule has 0 atom stereocenters. The molecular weight excluding hydrogens is 286 g/mol. The second-order valence-electron chi connectivity index (χ2n) is 4.79. The number of nitrogens with one attached hydrogen (secondary N) is 1. The van der Waals surface area contributed by atoms with Crippen molar-refractivity contribution >= 4 is 17.2 Å². The summed E-state index contributed by atoms with van der Waals surface area (Å²) in [5, 5.41) is 4.88. The van der Waals surface area contributed by atoms with Crippen molar-refractivity contribution in [2.24, 2.45) is 0 Å². The summed E-state index contributed by atoms with van der Waals surface area (Å²) in [5.74, 6) is 1.08. The molecule has 0 aliphatic carbocycles. The van der Waals surface area contributed by atoms with Crippen molar-refractivity contribution in [2.45, 2.75) is 26.5 Å². The van der Waals surface area contributed by atoms with Crippen LogP contribution in [0, 0.1) is 0 Å². The number of carbonyl (C=O) groups excluding carboxylic acids is 1. The monoisotopic (exact) mass is 305 g/mol. The highest BCUT2D eigenvalue weighted by Crippen LogP contribution is 2.29. The van der Waals surface area contributed by atoms with Gasteiger partial charge in [0.15, 0.2) is 11.5 Å². The van der Waals surface area contributed by atoms with Gasteiger partial charge in [0.05, 0.1) is 19.8 Å². The van der Waals surface area contributed by atoms with Crippen LogP contribution < -0.4 is 14.8 Å². The Morgan fingerprint density at radius 1 is 1.29 bits per heavy atom. The molecule has 0 fully saturated rings. The third-order valence-electron chi connectivity index (χ3n) is 2.79. The van der Waals surface area contributed by atoms with E-state index in [-0.39, 0.29) is 12.0 Å². The van der Waals surface area contributed by atoms with Crippen molar-refractivity contribution in [1.29, 1.82) is 0 Å². The van der Waals surface area contributed by atoms with E-state index in [0.29, 0.717) is 23.6 Å². The molecule has 0 aliphatic rings. The first-order valence-electron chi connectivity index (χ1n) is 6.75. The Kier molecular flexibility index (Phi) is 5.22. The SMILES string of the molecule is COc1cc(C(=O)NCc2cccs2)ccc1OC(C)C. The minimum atomic E-state index is -0.127. The van der Waals surface area contributed by atoms with Crippen molar-refractivity contribution in [2.75, 3.05) is 7.11 Å². The van der Waals surface area contributed by atoms with Gasteiger partial charge >= 0.3 is 0 Å². The molecule has 5 heteroatoms. The van der Waals surface area contributed by atoms with Gasteiger partial charge in [0, 0.05) is 10.4 Å². The third-order valence-corrected chi connectivity index (χ3v) is 3.67. The Morgan fingerprint density at radius 2 is 2.10 bits per heavy atom. The van der Waals surface area contributed by atoms with Crippen molar-refractivity contribution in [1.82, 2.24) is 5.32 Å². The van der Waals surface area contributed by atoms with Crippen molar-refractivity contribution in [3.8, 4) is 11.5 Å². The van der Waals surface area contributed by atoms with Crippen LogP contribution in [0.5, 0.6) is 11.5 Å². The van der Waals surface area contributed by atoms with Crippen molar-refractivity contribution in [3.05, 3.63) is 46.2 Å². The number of rotatable bonds is 6. The molecular formula is C16H19NO3S. The van der Waals surface area contributed by atoms with Crippen molar-refractivity contribution < 1.29 is 14.3 Å². The molecule has 0 spiro atoms. The topological polar surface area (TPSA) is 47.6 Å². The Bertz CT molecular complexity index is 594. The predicted octanol–water partition coefficient (Wildman–Crippen LogP) is 3.47. The van der Waals surface area contributed by atoms with Gasteiger partial charge < -0.3 is 14.8 Å². The van der Waals surface area contributed by atoms with Crippen LogP contribution in [0.15, 0.2) is 35.7 Å². The Morgan fingerprint density at radius 3 is 2.71 bits per heavy atom. The molecule has 0 saturated carbocycles. The average Bonchev–Trinajstić information content (AvgIpc) is 2.98. The largest absolute Gasteiger partial charge is 0.493 e. The summed E-state index contributed by atoms with van der Waals surface area (Å²) >= 11 is 1.62. The number of hydrogen-bond donors (Lipinski definition) is 1. The van der Waals surface area contributed by atoms with Gasteiger partial charge in [-0.05, 0) is 43.5 Å². The molecule has 1 amide bonds. The minimum Gasteiger partial charge on any atom is -0.493 e. The van der Waals surface area contributed by atoms with E-state index in [4.69, 9.17) is 9.47 Å². The van der Waals surface area contributed by atoms with E-state index in [1.165, 1.54) is 0 Å². The zero-order valence-electron chi connectivity index (χ0n) is 12.4. The number of carbonyl (C=O) groups is 1. The van der Waals surface area contributed by atoms with Gasteiger partial charge in [-0.2, -0.15) is 0 Å². The first-order chi connectivity index (χ1) is 10.1. The number of thiophene rings is 1. The fourth-order valence-electron chi connectivity index (χ4n) is 1.84. The standard InChI is InChI=1S/C16H19NO3S/c1-11(2)20-14-7-6-12(9-15(14)19-3)16(18)17-10-13-5-4-8-21-13/h4-9,11H,10H2,1-3H3,(H,17,18). The van der Waals surface area contributed by atoms with E-state index >= 15 is 0 Å². The van der Waals surface area contributed by atoms with E-state index in [9.17, 15) is 4.79 Å². The number of methoxy groups -OCH3 is 1. The maximum absolute atomic E-state index is 12.1. The number of benzene rings is 1. The second kappa shape index (κ2) is 7.13. The van der Waals surface area contributed by atoms with E-state index in [1.807, 2.05) is 31.4 Å². The number of amides is 1. The van der Waals surface area contributed by atoms with Crippen LogP contribution in [0.2, 0.25) is 0 Å². The molecule has 0 bridgehead atoms. The molecule has 112 valence electrons. The molecule has 0 radical (unpaired) electrons. The summed E-state index contributed by atoms with van der Waals surface area (Å²) in [4.78, 5) is 13.3. The minimum absolute atomic E-state index is 0.0532. The smallest absolute Gasteiger partial charge is 0.251 e. The summed E-state index contributed by atoms with van der Waals surface area (Å²) in [6.45, 7) is 4.42. The number of ether oxygens (including phenoxy) is 2. The van der Waals surface area contributed by atoms with Gasteiger partial charge in [-0.25, -0.2) is 0 Å². The van der Waals surface area contributed by atoms with Crippen LogP contribution in [-0.4, -0.2) is 19.1 Å². The number of hydrogen-bond acceptors (Lipinski definition) is 4. The van der Waals surface area contributed by atoms with Gasteiger partial charge in [-0.1, -0.05) is 6.07 Å². The molecule has 0 unspecified atom stereocenters. The summed E-state index contributed by atoms with van der Waals surface area (Å²) in [5.41, 5.74) is 0.555. The van der Waals surface area contributed by atoms with Crippen LogP contribution in [0.1, 0.15) is 29.1 Å². The zero-order chi connectivity index (χ0) is 15.2. The summed E-state index contributed by atoms with van der Waals surface area (Å²) in [7, 11) is 1.57. The quantitative estimate of drug-likeness (QED) is 0.889. The molecule has 1 aromatic carbocycles. The second-order valence-corrected chi connectivity index (χ2v) is 5.83. The highest BCUT2D eigenvalue weighted by atomic mass is 32.1. The summed E-state index contributed by atoms with van der Waals surface area (Å²) in [6, 6.07) is 9.16. The van der Waals surface area contributed by atoms with E-state index in [2.05, 4.69) is 5.32 Å². The molecule has 0 saturated heterocycles. The van der Waals surface area contributed by atoms with Gasteiger partial charge in [-0.3, -0.25) is 4.79 Å². The Balaban J connectivity index is 2.07. The molecule has 0 aliphatic heterocycles. The molecule has 1 heterocycles. The highest BCUT2D eigenvalue weighted by Gasteiger charge is 2.12. The van der Waals surface area contributed by atoms with Crippen LogP contribution in [0.4, 0.5) is 0 Å². The lowest BCUT2D eigenvalue weighted by Crippen LogP contribution is -2.22. The predicted molar refractivity (Wildman–Crippen MR) is 84.2 cm³/mol. The average molecular weight is 305 g/mol. The van der Waals surface area contributed by atoms with Gasteiger partial charge in [0.2, 0.25) is 0 Å². The third kappa shape index (κ3) is 4.23. The van der Waals surface area contributed by atoms with E-state index < -0.39 is 0 Å². The molecule has 21 heavy (non-hydrogen) atoms. The normalized spacial score (nSPS) is 10.5. The van der Waals surface area contributed by atoms with Gasteiger partial charge in [0.1, 0.15) is 0 Å². The first-order valence-corrected chi connectivity index (χ1v) is 7.63. The van der Waals surface area contributed by atoms with Crippen LogP contribution >= 0.6 is 11.3 Å². The molecule has 2 aromatic rings. The lowest BCUT2D eigenvalue weighted by Gasteiger charge is -2.14. The van der Waals surface area contributed by atoms with Crippen LogP contribution in [0.25, 0.3) is 0 Å². The first kappa shape index (κ1) is 15.4. The fraction of sp³-hybridized carbons (Fsp3) is 0.312. The maximum atomic E-state index is 12.1. The lowest BCUT2D eigenvalue weighted by molar-refractivity contribution is 0.0951. The van der Waals surface area contributed by atoms with E-state index in [0.717, 1.165) is 4.88 Å². The summed E-state index contributed by atoms with van der Waals surface area (Å²) in [6.07, 6.45) is 0.0532. The highest BCUT2D eigenvalue weighted by molar-refractivity contribution is 7.09. The molecule has 1 N–H and O–H groups in total. The van der Waals surface area contributed by atoms with Gasteiger partial charge in [0.25, 0.3) is 5.91 Å². The lowest BCUT2D eigenvalue weighted by atomic mass is 10.2. The zero-order valence-corrected chi connectivity index (χ0v) is 13.2. The molecule has 4 nitrogen and oxygen atoms in total. The van der Waals surface area contributed by atoms with Crippen LogP contribution in [0.3, 0.4) is 0 Å². The Hall–Kier alpha value is -2.01. The Labute approximate surface area is 128 Å². The van der Waals surface area contributed by atoms with Crippen LogP contribution in [-0.2, 0) is 6.54 Å². The van der Waals surface area contributed by atoms with Gasteiger partial charge in [-0.15, -0.1) is 11.3 Å². The summed E-state index contributed by atoms with van der Waals surface area (Å²) < 4.78 is 10.9.